The molecular formula is C6H10F2O3. The molecule has 1 saturated carbocycles. The second-order valence-corrected chi connectivity index (χ2v) is 2.89. The number of hydrogen-bond acceptors (Lipinski definition) is 3. The fraction of sp³-hybridized carbons (Fsp3) is 1.00. The Morgan fingerprint density at radius 2 is 1.55 bits per heavy atom. The van der Waals surface area contributed by atoms with Gasteiger partial charge in [0.25, 0.3) is 5.92 Å². The Labute approximate surface area is 62.3 Å². The van der Waals surface area contributed by atoms with E-state index in [-0.39, 0.29) is 0 Å². The van der Waals surface area contributed by atoms with Crippen LogP contribution in [0.25, 0.3) is 0 Å². The second-order valence-electron chi connectivity index (χ2n) is 2.89. The normalized spacial score (nSPS) is 49.6. The molecule has 4 atom stereocenters. The first-order valence-corrected chi connectivity index (χ1v) is 3.31. The van der Waals surface area contributed by atoms with Gasteiger partial charge in [0.05, 0.1) is 12.0 Å². The molecule has 0 unspecified atom stereocenters. The van der Waals surface area contributed by atoms with Gasteiger partial charge in [0.2, 0.25) is 0 Å². The molecule has 1 aliphatic rings. The summed E-state index contributed by atoms with van der Waals surface area (Å²) < 4.78 is 25.3. The summed E-state index contributed by atoms with van der Waals surface area (Å²) >= 11 is 0. The van der Waals surface area contributed by atoms with Crippen molar-refractivity contribution in [3.05, 3.63) is 0 Å². The molecule has 0 aromatic heterocycles. The van der Waals surface area contributed by atoms with Gasteiger partial charge in [-0.05, 0) is 0 Å². The standard InChI is InChI=1S/C6H10F2O3/c1-2-3(9)4(10)5(11)6(2,7)8/h2-5,9-11H,1H3/t2-,3+,4-,5+/m0/s1. The fourth-order valence-corrected chi connectivity index (χ4v) is 1.21. The summed E-state index contributed by atoms with van der Waals surface area (Å²) in [6.07, 6.45) is -5.42. The number of rotatable bonds is 0. The van der Waals surface area contributed by atoms with Crippen molar-refractivity contribution >= 4 is 0 Å². The minimum atomic E-state index is -3.39. The smallest absolute Gasteiger partial charge is 0.281 e. The number of aliphatic hydroxyl groups excluding tert-OH is 3. The molecule has 1 fully saturated rings. The van der Waals surface area contributed by atoms with Gasteiger partial charge in [-0.3, -0.25) is 0 Å². The highest BCUT2D eigenvalue weighted by Gasteiger charge is 2.59. The average molecular weight is 168 g/mol. The summed E-state index contributed by atoms with van der Waals surface area (Å²) in [6.45, 7) is 1.09. The minimum Gasteiger partial charge on any atom is -0.390 e. The molecule has 11 heavy (non-hydrogen) atoms. The topological polar surface area (TPSA) is 60.7 Å². The van der Waals surface area contributed by atoms with Crippen LogP contribution in [0.5, 0.6) is 0 Å². The zero-order valence-corrected chi connectivity index (χ0v) is 5.91. The number of aliphatic hydroxyl groups is 3. The number of alkyl halides is 2. The monoisotopic (exact) mass is 168 g/mol. The molecule has 0 aromatic rings. The molecule has 5 heteroatoms. The minimum absolute atomic E-state index is 1.09. The lowest BCUT2D eigenvalue weighted by Crippen LogP contribution is -2.36. The Morgan fingerprint density at radius 3 is 1.64 bits per heavy atom. The van der Waals surface area contributed by atoms with E-state index >= 15 is 0 Å². The lowest BCUT2D eigenvalue weighted by atomic mass is 10.1. The van der Waals surface area contributed by atoms with Gasteiger partial charge in [0.15, 0.2) is 0 Å². The summed E-state index contributed by atoms with van der Waals surface area (Å²) in [5.74, 6) is -4.79. The second kappa shape index (κ2) is 2.36. The highest BCUT2D eigenvalue weighted by Crippen LogP contribution is 2.40. The summed E-state index contributed by atoms with van der Waals surface area (Å²) in [7, 11) is 0. The van der Waals surface area contributed by atoms with Crippen molar-refractivity contribution in [2.24, 2.45) is 5.92 Å². The van der Waals surface area contributed by atoms with Crippen LogP contribution in [0.4, 0.5) is 8.78 Å². The van der Waals surface area contributed by atoms with E-state index in [0.717, 1.165) is 6.92 Å². The van der Waals surface area contributed by atoms with Crippen LogP contribution < -0.4 is 0 Å². The van der Waals surface area contributed by atoms with E-state index in [0.29, 0.717) is 0 Å². The highest BCUT2D eigenvalue weighted by atomic mass is 19.3. The van der Waals surface area contributed by atoms with Crippen LogP contribution in [-0.2, 0) is 0 Å². The van der Waals surface area contributed by atoms with Crippen molar-refractivity contribution in [2.75, 3.05) is 0 Å². The van der Waals surface area contributed by atoms with Crippen LogP contribution >= 0.6 is 0 Å². The third-order valence-electron chi connectivity index (χ3n) is 2.19. The maximum absolute atomic E-state index is 12.7. The van der Waals surface area contributed by atoms with Crippen LogP contribution in [0.2, 0.25) is 0 Å². The van der Waals surface area contributed by atoms with E-state index in [4.69, 9.17) is 15.3 Å². The Bertz CT molecular complexity index is 146. The first-order chi connectivity index (χ1) is 4.89. The maximum atomic E-state index is 12.7. The van der Waals surface area contributed by atoms with Crippen LogP contribution in [0.3, 0.4) is 0 Å². The molecule has 0 saturated heterocycles. The molecule has 0 amide bonds. The van der Waals surface area contributed by atoms with E-state index in [1.165, 1.54) is 0 Å². The van der Waals surface area contributed by atoms with Crippen LogP contribution in [-0.4, -0.2) is 39.6 Å². The molecule has 1 aliphatic carbocycles. The lowest BCUT2D eigenvalue weighted by molar-refractivity contribution is -0.130. The average Bonchev–Trinajstić information content (AvgIpc) is 2.06. The van der Waals surface area contributed by atoms with Crippen molar-refractivity contribution in [3.63, 3.8) is 0 Å². The van der Waals surface area contributed by atoms with Gasteiger partial charge in [-0.15, -0.1) is 0 Å². The Kier molecular flexibility index (Phi) is 1.90. The van der Waals surface area contributed by atoms with Gasteiger partial charge in [0.1, 0.15) is 12.2 Å². The van der Waals surface area contributed by atoms with Gasteiger partial charge < -0.3 is 15.3 Å². The molecule has 66 valence electrons. The first kappa shape index (κ1) is 8.83. The first-order valence-electron chi connectivity index (χ1n) is 3.31. The van der Waals surface area contributed by atoms with Gasteiger partial charge in [-0.1, -0.05) is 6.92 Å². The largest absolute Gasteiger partial charge is 0.390 e. The predicted octanol–water partition coefficient (Wildman–Crippen LogP) is -0.646. The van der Waals surface area contributed by atoms with E-state index < -0.39 is 30.2 Å². The van der Waals surface area contributed by atoms with Gasteiger partial charge in [-0.25, -0.2) is 8.78 Å². The summed E-state index contributed by atoms with van der Waals surface area (Å²) in [6, 6.07) is 0. The third-order valence-corrected chi connectivity index (χ3v) is 2.19. The third kappa shape index (κ3) is 1.04. The van der Waals surface area contributed by atoms with E-state index in [1.54, 1.807) is 0 Å². The van der Waals surface area contributed by atoms with E-state index in [1.807, 2.05) is 0 Å². The fourth-order valence-electron chi connectivity index (χ4n) is 1.21. The Morgan fingerprint density at radius 1 is 1.09 bits per heavy atom. The SMILES string of the molecule is C[C@H]1[C@@H](O)[C@H](O)[C@@H](O)C1(F)F. The summed E-state index contributed by atoms with van der Waals surface area (Å²) in [4.78, 5) is 0. The maximum Gasteiger partial charge on any atom is 0.281 e. The molecule has 0 spiro atoms. The summed E-state index contributed by atoms with van der Waals surface area (Å²) in [5.41, 5.74) is 0. The molecule has 0 heterocycles. The van der Waals surface area contributed by atoms with Crippen molar-refractivity contribution in [3.8, 4) is 0 Å². The van der Waals surface area contributed by atoms with Gasteiger partial charge in [0, 0.05) is 0 Å². The van der Waals surface area contributed by atoms with Crippen LogP contribution in [0.1, 0.15) is 6.92 Å². The lowest BCUT2D eigenvalue weighted by Gasteiger charge is -2.17. The van der Waals surface area contributed by atoms with Crippen LogP contribution in [0.15, 0.2) is 0 Å². The molecule has 0 bridgehead atoms. The Hall–Kier alpha value is -0.260. The van der Waals surface area contributed by atoms with Crippen LogP contribution in [0, 0.1) is 5.92 Å². The molecule has 0 aromatic carbocycles. The predicted molar refractivity (Wildman–Crippen MR) is 32.1 cm³/mol. The molecule has 0 aliphatic heterocycles. The molecule has 3 N–H and O–H groups in total. The Balaban J connectivity index is 2.87. The number of hydrogen-bond donors (Lipinski definition) is 3. The highest BCUT2D eigenvalue weighted by molar-refractivity contribution is 5.01. The van der Waals surface area contributed by atoms with E-state index in [9.17, 15) is 8.78 Å². The molecule has 3 nitrogen and oxygen atoms in total. The quantitative estimate of drug-likeness (QED) is 0.450. The van der Waals surface area contributed by atoms with Gasteiger partial charge >= 0.3 is 0 Å². The molecule has 0 radical (unpaired) electrons. The van der Waals surface area contributed by atoms with E-state index in [2.05, 4.69) is 0 Å². The van der Waals surface area contributed by atoms with Crippen molar-refractivity contribution in [1.29, 1.82) is 0 Å². The van der Waals surface area contributed by atoms with Crippen molar-refractivity contribution in [1.82, 2.24) is 0 Å². The van der Waals surface area contributed by atoms with Crippen molar-refractivity contribution < 1.29 is 24.1 Å². The molecule has 1 rings (SSSR count). The molecular weight excluding hydrogens is 158 g/mol. The number of halogens is 2. The van der Waals surface area contributed by atoms with Gasteiger partial charge in [-0.2, -0.15) is 0 Å². The zero-order chi connectivity index (χ0) is 8.81. The summed E-state index contributed by atoms with van der Waals surface area (Å²) in [5, 5.41) is 26.4. The zero-order valence-electron chi connectivity index (χ0n) is 5.91. The van der Waals surface area contributed by atoms with Crippen molar-refractivity contribution in [2.45, 2.75) is 31.2 Å².